The lowest BCUT2D eigenvalue weighted by molar-refractivity contribution is -0.127. The van der Waals surface area contributed by atoms with Crippen molar-refractivity contribution < 1.29 is 19.4 Å². The molecule has 2 N–H and O–H groups in total. The summed E-state index contributed by atoms with van der Waals surface area (Å²) >= 11 is 3.38. The highest BCUT2D eigenvalue weighted by Gasteiger charge is 2.29. The molecule has 1 amide bonds. The Balaban J connectivity index is 1.56. The van der Waals surface area contributed by atoms with Gasteiger partial charge in [-0.15, -0.1) is 10.2 Å². The first-order valence-electron chi connectivity index (χ1n) is 9.12. The highest BCUT2D eigenvalue weighted by atomic mass is 79.9. The Bertz CT molecular complexity index is 1130. The SMILES string of the molecule is CC(C)(C)c1ccc2c(c1)OC(C(=O)N=Nc1c(O)[nH]c3ccc(Br)cc13)CO2. The number of hydrogen-bond donors (Lipinski definition) is 2. The van der Waals surface area contributed by atoms with Gasteiger partial charge in [0.05, 0.1) is 5.52 Å². The van der Waals surface area contributed by atoms with Crippen molar-refractivity contribution in [1.29, 1.82) is 0 Å². The molecule has 1 aliphatic heterocycles. The average molecular weight is 458 g/mol. The molecule has 0 spiro atoms. The van der Waals surface area contributed by atoms with Crippen LogP contribution in [-0.4, -0.2) is 28.7 Å². The molecular weight excluding hydrogens is 438 g/mol. The van der Waals surface area contributed by atoms with E-state index in [9.17, 15) is 9.90 Å². The molecule has 150 valence electrons. The number of aromatic hydroxyl groups is 1. The number of nitrogens with one attached hydrogen (secondary N) is 1. The number of nitrogens with zero attached hydrogens (tertiary/aromatic N) is 2. The standard InChI is InChI=1S/C21H20BrN3O4/c1-21(2,3)11-4-7-15-16(8-11)29-17(10-28-15)19(26)25-24-18-13-9-12(22)5-6-14(13)23-20(18)27/h4-9,17,23,27H,10H2,1-3H3. The van der Waals surface area contributed by atoms with Gasteiger partial charge in [-0.3, -0.25) is 4.79 Å². The summed E-state index contributed by atoms with van der Waals surface area (Å²) in [7, 11) is 0. The summed E-state index contributed by atoms with van der Waals surface area (Å²) in [6, 6.07) is 11.1. The van der Waals surface area contributed by atoms with Gasteiger partial charge in [0.1, 0.15) is 6.61 Å². The van der Waals surface area contributed by atoms with E-state index in [0.29, 0.717) is 22.4 Å². The van der Waals surface area contributed by atoms with Crippen molar-refractivity contribution in [3.05, 3.63) is 46.4 Å². The Morgan fingerprint density at radius 2 is 2.00 bits per heavy atom. The van der Waals surface area contributed by atoms with Crippen LogP contribution in [0.3, 0.4) is 0 Å². The van der Waals surface area contributed by atoms with E-state index in [-0.39, 0.29) is 23.6 Å². The van der Waals surface area contributed by atoms with Gasteiger partial charge in [-0.2, -0.15) is 0 Å². The summed E-state index contributed by atoms with van der Waals surface area (Å²) in [6.07, 6.45) is -0.902. The monoisotopic (exact) mass is 457 g/mol. The fraction of sp³-hybridized carbons (Fsp3) is 0.286. The number of hydrogen-bond acceptors (Lipinski definition) is 5. The number of carbonyl (C=O) groups is 1. The van der Waals surface area contributed by atoms with E-state index < -0.39 is 12.0 Å². The second-order valence-electron chi connectivity index (χ2n) is 7.88. The lowest BCUT2D eigenvalue weighted by Crippen LogP contribution is -2.35. The molecule has 2 heterocycles. The number of benzene rings is 2. The zero-order valence-corrected chi connectivity index (χ0v) is 17.8. The normalized spacial score (nSPS) is 16.5. The Kier molecular flexibility index (Phi) is 4.82. The lowest BCUT2D eigenvalue weighted by atomic mass is 9.87. The zero-order valence-electron chi connectivity index (χ0n) is 16.2. The van der Waals surface area contributed by atoms with Crippen molar-refractivity contribution in [2.45, 2.75) is 32.3 Å². The number of ether oxygens (including phenoxy) is 2. The van der Waals surface area contributed by atoms with Gasteiger partial charge in [0, 0.05) is 9.86 Å². The molecule has 1 aliphatic rings. The van der Waals surface area contributed by atoms with Gasteiger partial charge in [0.25, 0.3) is 0 Å². The predicted molar refractivity (Wildman–Crippen MR) is 112 cm³/mol. The van der Waals surface area contributed by atoms with E-state index in [2.05, 4.69) is 51.9 Å². The van der Waals surface area contributed by atoms with Gasteiger partial charge < -0.3 is 19.6 Å². The van der Waals surface area contributed by atoms with E-state index in [0.717, 1.165) is 10.0 Å². The van der Waals surface area contributed by atoms with Crippen molar-refractivity contribution in [3.8, 4) is 17.4 Å². The van der Waals surface area contributed by atoms with E-state index in [4.69, 9.17) is 9.47 Å². The molecule has 1 unspecified atom stereocenters. The zero-order chi connectivity index (χ0) is 20.8. The highest BCUT2D eigenvalue weighted by Crippen LogP contribution is 2.38. The van der Waals surface area contributed by atoms with Crippen LogP contribution in [0, 0.1) is 0 Å². The molecule has 0 saturated carbocycles. The molecule has 0 aliphatic carbocycles. The summed E-state index contributed by atoms with van der Waals surface area (Å²) in [6.45, 7) is 6.34. The van der Waals surface area contributed by atoms with Gasteiger partial charge in [0.15, 0.2) is 17.2 Å². The fourth-order valence-electron chi connectivity index (χ4n) is 3.06. The van der Waals surface area contributed by atoms with Crippen molar-refractivity contribution in [2.75, 3.05) is 6.61 Å². The number of H-pyrrole nitrogens is 1. The number of aromatic nitrogens is 1. The first-order chi connectivity index (χ1) is 13.7. The molecule has 1 aromatic heterocycles. The Labute approximate surface area is 175 Å². The minimum atomic E-state index is -0.902. The number of halogens is 1. The fourth-order valence-corrected chi connectivity index (χ4v) is 3.42. The number of carbonyl (C=O) groups excluding carboxylic acids is 1. The van der Waals surface area contributed by atoms with Crippen molar-refractivity contribution in [2.24, 2.45) is 10.2 Å². The summed E-state index contributed by atoms with van der Waals surface area (Å²) in [5.74, 6) is 0.366. The second kappa shape index (κ2) is 7.18. The Morgan fingerprint density at radius 3 is 2.76 bits per heavy atom. The van der Waals surface area contributed by atoms with E-state index in [1.54, 1.807) is 12.1 Å². The minimum Gasteiger partial charge on any atom is -0.493 e. The van der Waals surface area contributed by atoms with Crippen LogP contribution >= 0.6 is 15.9 Å². The molecule has 0 fully saturated rings. The van der Waals surface area contributed by atoms with Gasteiger partial charge in [0.2, 0.25) is 12.0 Å². The average Bonchev–Trinajstić information content (AvgIpc) is 2.98. The van der Waals surface area contributed by atoms with Crippen LogP contribution in [0.4, 0.5) is 5.69 Å². The van der Waals surface area contributed by atoms with Crippen LogP contribution in [-0.2, 0) is 10.2 Å². The number of fused-ring (bicyclic) bond motifs is 2. The molecule has 8 heteroatoms. The molecule has 0 saturated heterocycles. The minimum absolute atomic E-state index is 0.0468. The molecular formula is C21H20BrN3O4. The summed E-state index contributed by atoms with van der Waals surface area (Å²) in [5, 5.41) is 18.5. The molecule has 1 atom stereocenters. The summed E-state index contributed by atoms with van der Waals surface area (Å²) in [4.78, 5) is 15.3. The maximum atomic E-state index is 12.5. The first-order valence-corrected chi connectivity index (χ1v) is 9.91. The third-order valence-electron chi connectivity index (χ3n) is 4.71. The van der Waals surface area contributed by atoms with Gasteiger partial charge >= 0.3 is 5.91 Å². The Morgan fingerprint density at radius 1 is 1.21 bits per heavy atom. The number of amides is 1. The van der Waals surface area contributed by atoms with E-state index in [1.807, 2.05) is 24.3 Å². The highest BCUT2D eigenvalue weighted by molar-refractivity contribution is 9.10. The van der Waals surface area contributed by atoms with Crippen LogP contribution in [0.2, 0.25) is 0 Å². The van der Waals surface area contributed by atoms with Crippen LogP contribution in [0.5, 0.6) is 17.4 Å². The Hall–Kier alpha value is -2.87. The third kappa shape index (κ3) is 3.85. The van der Waals surface area contributed by atoms with Gasteiger partial charge in [-0.1, -0.05) is 42.8 Å². The van der Waals surface area contributed by atoms with E-state index in [1.165, 1.54) is 0 Å². The molecule has 2 aromatic carbocycles. The van der Waals surface area contributed by atoms with Gasteiger partial charge in [-0.25, -0.2) is 0 Å². The molecule has 0 bridgehead atoms. The lowest BCUT2D eigenvalue weighted by Gasteiger charge is -2.27. The molecule has 7 nitrogen and oxygen atoms in total. The number of aromatic amines is 1. The topological polar surface area (TPSA) is 96.3 Å². The maximum Gasteiger partial charge on any atom is 0.308 e. The number of azo groups is 1. The summed E-state index contributed by atoms with van der Waals surface area (Å²) in [5.41, 5.74) is 1.90. The van der Waals surface area contributed by atoms with Crippen molar-refractivity contribution in [1.82, 2.24) is 4.98 Å². The summed E-state index contributed by atoms with van der Waals surface area (Å²) < 4.78 is 12.3. The molecule has 4 rings (SSSR count). The van der Waals surface area contributed by atoms with E-state index >= 15 is 0 Å². The van der Waals surface area contributed by atoms with Crippen LogP contribution in [0.15, 0.2) is 51.1 Å². The molecule has 3 aromatic rings. The van der Waals surface area contributed by atoms with Crippen molar-refractivity contribution >= 4 is 38.4 Å². The quantitative estimate of drug-likeness (QED) is 0.504. The predicted octanol–water partition coefficient (Wildman–Crippen LogP) is 5.38. The molecule has 29 heavy (non-hydrogen) atoms. The maximum absolute atomic E-state index is 12.5. The largest absolute Gasteiger partial charge is 0.493 e. The number of rotatable bonds is 2. The van der Waals surface area contributed by atoms with Crippen molar-refractivity contribution in [3.63, 3.8) is 0 Å². The third-order valence-corrected chi connectivity index (χ3v) is 5.20. The van der Waals surface area contributed by atoms with Crippen LogP contribution in [0.1, 0.15) is 26.3 Å². The molecule has 0 radical (unpaired) electrons. The smallest absolute Gasteiger partial charge is 0.308 e. The second-order valence-corrected chi connectivity index (χ2v) is 8.80. The van der Waals surface area contributed by atoms with Crippen LogP contribution < -0.4 is 9.47 Å². The van der Waals surface area contributed by atoms with Gasteiger partial charge in [-0.05, 0) is 41.3 Å². The van der Waals surface area contributed by atoms with Crippen LogP contribution in [0.25, 0.3) is 10.9 Å². The first kappa shape index (κ1) is 19.4.